The lowest BCUT2D eigenvalue weighted by molar-refractivity contribution is -0.0120. The van der Waals surface area contributed by atoms with E-state index >= 15 is 0 Å². The monoisotopic (exact) mass is 374 g/mol. The van der Waals surface area contributed by atoms with Gasteiger partial charge < -0.3 is 5.32 Å². The molecule has 1 aromatic carbocycles. The van der Waals surface area contributed by atoms with E-state index in [-0.39, 0.29) is 5.91 Å². The summed E-state index contributed by atoms with van der Waals surface area (Å²) >= 11 is 0. The fourth-order valence-corrected chi connectivity index (χ4v) is 6.18. The van der Waals surface area contributed by atoms with Gasteiger partial charge in [0.15, 0.2) is 0 Å². The standard InChI is InChI=1S/C25H30N2O/c1-15(2)18-3-5-19(6-4-18)20-7-8-26-23(14-20)25(28)27-24-21-10-16-9-17(12-21)13-22(24)11-16/h3-8,14-17,21-22,24H,9-13H2,1-2H3,(H,27,28). The molecular formula is C25H30N2O. The van der Waals surface area contributed by atoms with Crippen LogP contribution < -0.4 is 5.32 Å². The van der Waals surface area contributed by atoms with E-state index in [9.17, 15) is 4.79 Å². The maximum atomic E-state index is 13.0. The minimum Gasteiger partial charge on any atom is -0.347 e. The van der Waals surface area contributed by atoms with E-state index in [1.165, 1.54) is 37.7 Å². The number of hydrogen-bond donors (Lipinski definition) is 1. The molecule has 4 saturated carbocycles. The van der Waals surface area contributed by atoms with Crippen molar-refractivity contribution in [3.8, 4) is 11.1 Å². The van der Waals surface area contributed by atoms with Crippen LogP contribution in [0.1, 0.15) is 67.9 Å². The molecule has 3 nitrogen and oxygen atoms in total. The number of hydrogen-bond acceptors (Lipinski definition) is 2. The molecule has 4 aliphatic carbocycles. The highest BCUT2D eigenvalue weighted by Crippen LogP contribution is 2.53. The highest BCUT2D eigenvalue weighted by atomic mass is 16.1. The van der Waals surface area contributed by atoms with Crippen LogP contribution in [-0.2, 0) is 0 Å². The van der Waals surface area contributed by atoms with Gasteiger partial charge in [-0.05, 0) is 90.5 Å². The summed E-state index contributed by atoms with van der Waals surface area (Å²) in [4.78, 5) is 17.4. The van der Waals surface area contributed by atoms with Gasteiger partial charge >= 0.3 is 0 Å². The lowest BCUT2D eigenvalue weighted by Crippen LogP contribution is -2.55. The summed E-state index contributed by atoms with van der Waals surface area (Å²) < 4.78 is 0. The lowest BCUT2D eigenvalue weighted by Gasteiger charge is -2.54. The van der Waals surface area contributed by atoms with Crippen LogP contribution in [0.4, 0.5) is 0 Å². The first kappa shape index (κ1) is 17.9. The van der Waals surface area contributed by atoms with Crippen molar-refractivity contribution in [2.45, 2.75) is 57.9 Å². The molecule has 4 bridgehead atoms. The van der Waals surface area contributed by atoms with E-state index in [0.717, 1.165) is 23.0 Å². The van der Waals surface area contributed by atoms with Gasteiger partial charge in [0, 0.05) is 12.2 Å². The zero-order valence-electron chi connectivity index (χ0n) is 16.9. The van der Waals surface area contributed by atoms with Gasteiger partial charge in [0.05, 0.1) is 0 Å². The highest BCUT2D eigenvalue weighted by Gasteiger charge is 2.48. The molecule has 0 atom stereocenters. The van der Waals surface area contributed by atoms with E-state index in [4.69, 9.17) is 0 Å². The zero-order chi connectivity index (χ0) is 19.3. The van der Waals surface area contributed by atoms with Crippen LogP contribution in [0.3, 0.4) is 0 Å². The topological polar surface area (TPSA) is 42.0 Å². The first-order chi connectivity index (χ1) is 13.6. The van der Waals surface area contributed by atoms with E-state index in [1.807, 2.05) is 12.1 Å². The summed E-state index contributed by atoms with van der Waals surface area (Å²) in [6, 6.07) is 12.9. The second-order valence-electron chi connectivity index (χ2n) is 9.64. The van der Waals surface area contributed by atoms with Crippen molar-refractivity contribution in [1.29, 1.82) is 0 Å². The van der Waals surface area contributed by atoms with Crippen LogP contribution in [0, 0.1) is 23.7 Å². The Morgan fingerprint density at radius 2 is 1.57 bits per heavy atom. The number of rotatable bonds is 4. The number of carbonyl (C=O) groups excluding carboxylic acids is 1. The molecule has 0 radical (unpaired) electrons. The minimum atomic E-state index is -0.00174. The molecule has 0 unspecified atom stereocenters. The van der Waals surface area contributed by atoms with Crippen molar-refractivity contribution in [2.24, 2.45) is 23.7 Å². The molecule has 1 aromatic heterocycles. The Labute approximate surface area is 168 Å². The second-order valence-corrected chi connectivity index (χ2v) is 9.64. The van der Waals surface area contributed by atoms with E-state index in [0.29, 0.717) is 29.5 Å². The molecule has 146 valence electrons. The zero-order valence-corrected chi connectivity index (χ0v) is 16.9. The molecule has 0 saturated heterocycles. The van der Waals surface area contributed by atoms with Gasteiger partial charge in [-0.25, -0.2) is 0 Å². The number of amides is 1. The van der Waals surface area contributed by atoms with Gasteiger partial charge in [0.2, 0.25) is 0 Å². The van der Waals surface area contributed by atoms with Crippen molar-refractivity contribution >= 4 is 5.91 Å². The molecule has 4 fully saturated rings. The van der Waals surface area contributed by atoms with Gasteiger partial charge in [-0.15, -0.1) is 0 Å². The number of benzene rings is 1. The van der Waals surface area contributed by atoms with Crippen LogP contribution in [0.2, 0.25) is 0 Å². The Morgan fingerprint density at radius 3 is 2.18 bits per heavy atom. The van der Waals surface area contributed by atoms with Crippen LogP contribution in [0.5, 0.6) is 0 Å². The summed E-state index contributed by atoms with van der Waals surface area (Å²) in [5, 5.41) is 3.38. The molecule has 3 heteroatoms. The Kier molecular flexibility index (Phi) is 4.49. The SMILES string of the molecule is CC(C)c1ccc(-c2ccnc(C(=O)NC3C4CC5CC(C4)CC3C5)c2)cc1. The van der Waals surface area contributed by atoms with Crippen molar-refractivity contribution in [2.75, 3.05) is 0 Å². The van der Waals surface area contributed by atoms with Gasteiger partial charge in [-0.1, -0.05) is 38.1 Å². The number of nitrogens with zero attached hydrogens (tertiary/aromatic N) is 1. The van der Waals surface area contributed by atoms with Gasteiger partial charge in [0.1, 0.15) is 5.69 Å². The molecule has 0 spiro atoms. The second kappa shape index (κ2) is 7.02. The summed E-state index contributed by atoms with van der Waals surface area (Å²) in [5.74, 6) is 3.74. The first-order valence-corrected chi connectivity index (χ1v) is 10.9. The number of aromatic nitrogens is 1. The van der Waals surface area contributed by atoms with Crippen LogP contribution in [0.15, 0.2) is 42.6 Å². The molecule has 2 aromatic rings. The molecule has 28 heavy (non-hydrogen) atoms. The quantitative estimate of drug-likeness (QED) is 0.776. The number of nitrogens with one attached hydrogen (secondary N) is 1. The van der Waals surface area contributed by atoms with Crippen molar-refractivity contribution < 1.29 is 4.79 Å². The third-order valence-electron chi connectivity index (χ3n) is 7.43. The van der Waals surface area contributed by atoms with Gasteiger partial charge in [0.25, 0.3) is 5.91 Å². The number of pyridine rings is 1. The normalized spacial score (nSPS) is 30.6. The van der Waals surface area contributed by atoms with E-state index < -0.39 is 0 Å². The van der Waals surface area contributed by atoms with Gasteiger partial charge in [-0.3, -0.25) is 9.78 Å². The van der Waals surface area contributed by atoms with Crippen LogP contribution in [0.25, 0.3) is 11.1 Å². The maximum absolute atomic E-state index is 13.0. The smallest absolute Gasteiger partial charge is 0.270 e. The average molecular weight is 375 g/mol. The predicted octanol–water partition coefficient (Wildman–Crippen LogP) is 5.43. The third-order valence-corrected chi connectivity index (χ3v) is 7.43. The highest BCUT2D eigenvalue weighted by molar-refractivity contribution is 5.93. The van der Waals surface area contributed by atoms with Crippen molar-refractivity contribution in [3.05, 3.63) is 53.9 Å². The van der Waals surface area contributed by atoms with Crippen molar-refractivity contribution in [3.63, 3.8) is 0 Å². The summed E-state index contributed by atoms with van der Waals surface area (Å²) in [5.41, 5.74) is 4.06. The minimum absolute atomic E-state index is 0.00174. The Balaban J connectivity index is 1.32. The van der Waals surface area contributed by atoms with Gasteiger partial charge in [-0.2, -0.15) is 0 Å². The lowest BCUT2D eigenvalue weighted by atomic mass is 9.54. The fourth-order valence-electron chi connectivity index (χ4n) is 6.18. The number of carbonyl (C=O) groups is 1. The first-order valence-electron chi connectivity index (χ1n) is 10.9. The van der Waals surface area contributed by atoms with Crippen LogP contribution >= 0.6 is 0 Å². The fraction of sp³-hybridized carbons (Fsp3) is 0.520. The van der Waals surface area contributed by atoms with Crippen molar-refractivity contribution in [1.82, 2.24) is 10.3 Å². The molecule has 1 heterocycles. The molecule has 4 aliphatic rings. The third kappa shape index (κ3) is 3.25. The summed E-state index contributed by atoms with van der Waals surface area (Å²) in [7, 11) is 0. The Hall–Kier alpha value is -2.16. The predicted molar refractivity (Wildman–Crippen MR) is 112 cm³/mol. The largest absolute Gasteiger partial charge is 0.347 e. The molecule has 1 amide bonds. The molecule has 0 aliphatic heterocycles. The van der Waals surface area contributed by atoms with Crippen LogP contribution in [-0.4, -0.2) is 16.9 Å². The molecule has 6 rings (SSSR count). The summed E-state index contributed by atoms with van der Waals surface area (Å²) in [6.45, 7) is 4.40. The summed E-state index contributed by atoms with van der Waals surface area (Å²) in [6.07, 6.45) is 8.45. The average Bonchev–Trinajstić information content (AvgIpc) is 2.70. The Bertz CT molecular complexity index is 842. The van der Waals surface area contributed by atoms with E-state index in [2.05, 4.69) is 48.4 Å². The maximum Gasteiger partial charge on any atom is 0.270 e. The molecule has 1 N–H and O–H groups in total. The Morgan fingerprint density at radius 1 is 0.929 bits per heavy atom. The van der Waals surface area contributed by atoms with E-state index in [1.54, 1.807) is 6.20 Å². The molecular weight excluding hydrogens is 344 g/mol.